The fraction of sp³-hybridized carbons (Fsp3) is 0.353. The van der Waals surface area contributed by atoms with Crippen molar-refractivity contribution in [2.75, 3.05) is 24.7 Å². The topological polar surface area (TPSA) is 92.5 Å². The summed E-state index contributed by atoms with van der Waals surface area (Å²) < 4.78 is 40.4. The van der Waals surface area contributed by atoms with Crippen LogP contribution in [0.2, 0.25) is 10.2 Å². The lowest BCUT2D eigenvalue weighted by molar-refractivity contribution is 0.186. The van der Waals surface area contributed by atoms with E-state index in [9.17, 15) is 12.8 Å². The number of rotatable bonds is 4. The van der Waals surface area contributed by atoms with Crippen LogP contribution in [0.1, 0.15) is 6.42 Å². The second-order valence-electron chi connectivity index (χ2n) is 6.79. The molecule has 1 N–H and O–H groups in total. The number of alkyl halides is 1. The maximum atomic E-state index is 14.5. The highest BCUT2D eigenvalue weighted by Crippen LogP contribution is 2.26. The molecule has 0 unspecified atom stereocenters. The molecule has 29 heavy (non-hydrogen) atoms. The predicted octanol–water partition coefficient (Wildman–Crippen LogP) is 2.88. The Morgan fingerprint density at radius 2 is 1.97 bits per heavy atom. The first-order valence-electron chi connectivity index (χ1n) is 8.75. The normalized spacial score (nSPS) is 20.8. The lowest BCUT2D eigenvalue weighted by Gasteiger charge is -2.33. The Morgan fingerprint density at radius 3 is 2.62 bits per heavy atom. The summed E-state index contributed by atoms with van der Waals surface area (Å²) in [5.74, 6) is 0.693. The molecule has 1 aliphatic heterocycles. The number of benzene rings is 1. The Kier molecular flexibility index (Phi) is 5.36. The van der Waals surface area contributed by atoms with E-state index in [2.05, 4.69) is 20.4 Å². The first kappa shape index (κ1) is 20.3. The molecule has 0 saturated carbocycles. The van der Waals surface area contributed by atoms with Crippen LogP contribution in [0.15, 0.2) is 30.5 Å². The second-order valence-corrected chi connectivity index (χ2v) is 9.57. The zero-order chi connectivity index (χ0) is 20.8. The molecule has 3 heterocycles. The number of aromatic nitrogens is 4. The fourth-order valence-corrected chi connectivity index (χ4v) is 4.39. The minimum atomic E-state index is -3.42. The van der Waals surface area contributed by atoms with Crippen molar-refractivity contribution in [2.45, 2.75) is 18.6 Å². The summed E-state index contributed by atoms with van der Waals surface area (Å²) in [6.07, 6.45) is 1.48. The van der Waals surface area contributed by atoms with Crippen LogP contribution in [-0.2, 0) is 10.0 Å². The Morgan fingerprint density at radius 1 is 1.24 bits per heavy atom. The molecule has 0 bridgehead atoms. The lowest BCUT2D eigenvalue weighted by Crippen LogP contribution is -2.49. The van der Waals surface area contributed by atoms with Crippen LogP contribution < -0.4 is 5.32 Å². The van der Waals surface area contributed by atoms with Crippen LogP contribution in [0.3, 0.4) is 0 Å². The molecule has 8 nitrogen and oxygen atoms in total. The molecule has 1 saturated heterocycles. The van der Waals surface area contributed by atoms with Gasteiger partial charge in [0.15, 0.2) is 11.0 Å². The van der Waals surface area contributed by atoms with Crippen LogP contribution in [0.4, 0.5) is 10.3 Å². The molecular formula is C17H17Cl2FN6O2S. The molecule has 2 aromatic heterocycles. The molecule has 1 fully saturated rings. The molecule has 12 heteroatoms. The Bertz CT molecular complexity index is 1150. The van der Waals surface area contributed by atoms with Gasteiger partial charge in [0.1, 0.15) is 11.7 Å². The number of nitrogens with one attached hydrogen (secondary N) is 1. The molecule has 0 aliphatic carbocycles. The Labute approximate surface area is 176 Å². The molecule has 0 spiro atoms. The standard InChI is InChI=1S/C17H17Cl2FN6O2S/c1-29(27,28)25-7-6-13(12(20)9-25)22-17-21-8-14-15(19)23-16(26(14)24-17)10-2-4-11(18)5-3-10/h2-5,8,12-13H,6-7,9H2,1H3,(H,22,24)/t12-,13-/m1/s1. The van der Waals surface area contributed by atoms with Crippen LogP contribution >= 0.6 is 23.2 Å². The van der Waals surface area contributed by atoms with Gasteiger partial charge in [-0.25, -0.2) is 27.3 Å². The first-order chi connectivity index (χ1) is 13.7. The third-order valence-corrected chi connectivity index (χ3v) is 6.54. The first-order valence-corrected chi connectivity index (χ1v) is 11.4. The van der Waals surface area contributed by atoms with Crippen molar-refractivity contribution in [1.29, 1.82) is 0 Å². The van der Waals surface area contributed by atoms with Crippen LogP contribution in [0, 0.1) is 0 Å². The molecular weight excluding hydrogens is 442 g/mol. The average Bonchev–Trinajstić information content (AvgIpc) is 2.99. The van der Waals surface area contributed by atoms with E-state index in [1.165, 1.54) is 10.7 Å². The van der Waals surface area contributed by atoms with Crippen molar-refractivity contribution in [1.82, 2.24) is 23.9 Å². The molecule has 0 amide bonds. The fourth-order valence-electron chi connectivity index (χ4n) is 3.21. The third-order valence-electron chi connectivity index (χ3n) is 4.74. The minimum absolute atomic E-state index is 0.197. The summed E-state index contributed by atoms with van der Waals surface area (Å²) in [5.41, 5.74) is 1.26. The number of anilines is 1. The van der Waals surface area contributed by atoms with Crippen molar-refractivity contribution in [3.05, 3.63) is 40.6 Å². The van der Waals surface area contributed by atoms with E-state index < -0.39 is 22.2 Å². The van der Waals surface area contributed by atoms with Gasteiger partial charge in [-0.15, -0.1) is 5.10 Å². The summed E-state index contributed by atoms with van der Waals surface area (Å²) >= 11 is 12.1. The number of fused-ring (bicyclic) bond motifs is 1. The van der Waals surface area contributed by atoms with Crippen molar-refractivity contribution in [3.63, 3.8) is 0 Å². The zero-order valence-corrected chi connectivity index (χ0v) is 17.6. The van der Waals surface area contributed by atoms with Crippen LogP contribution in [0.25, 0.3) is 16.9 Å². The van der Waals surface area contributed by atoms with Gasteiger partial charge in [-0.05, 0) is 30.7 Å². The largest absolute Gasteiger partial charge is 0.347 e. The van der Waals surface area contributed by atoms with E-state index in [1.807, 2.05) is 0 Å². The quantitative estimate of drug-likeness (QED) is 0.645. The van der Waals surface area contributed by atoms with E-state index in [0.29, 0.717) is 22.8 Å². The Hall–Kier alpha value is -2.01. The molecule has 3 aromatic rings. The third kappa shape index (κ3) is 4.16. The van der Waals surface area contributed by atoms with Crippen molar-refractivity contribution >= 4 is 44.7 Å². The smallest absolute Gasteiger partial charge is 0.241 e. The van der Waals surface area contributed by atoms with E-state index in [1.54, 1.807) is 24.3 Å². The van der Waals surface area contributed by atoms with Gasteiger partial charge in [-0.1, -0.05) is 23.2 Å². The van der Waals surface area contributed by atoms with Gasteiger partial charge < -0.3 is 5.32 Å². The van der Waals surface area contributed by atoms with E-state index >= 15 is 0 Å². The molecule has 1 aromatic carbocycles. The summed E-state index contributed by atoms with van der Waals surface area (Å²) in [4.78, 5) is 8.54. The number of halogens is 3. The van der Waals surface area contributed by atoms with Crippen LogP contribution in [0.5, 0.6) is 0 Å². The SMILES string of the molecule is CS(=O)(=O)N1CC[C@@H](Nc2ncc3c(Cl)nc(-c4ccc(Cl)cc4)n3n2)[C@H](F)C1. The molecule has 1 aliphatic rings. The highest BCUT2D eigenvalue weighted by atomic mass is 35.5. The number of sulfonamides is 1. The van der Waals surface area contributed by atoms with Gasteiger partial charge in [0.05, 0.1) is 18.5 Å². The van der Waals surface area contributed by atoms with Crippen molar-refractivity contribution in [3.8, 4) is 11.4 Å². The lowest BCUT2D eigenvalue weighted by atomic mass is 10.1. The molecule has 2 atom stereocenters. The van der Waals surface area contributed by atoms with E-state index in [4.69, 9.17) is 23.2 Å². The monoisotopic (exact) mass is 458 g/mol. The van der Waals surface area contributed by atoms with E-state index in [-0.39, 0.29) is 24.2 Å². The number of piperidine rings is 1. The van der Waals surface area contributed by atoms with Gasteiger partial charge in [-0.3, -0.25) is 0 Å². The average molecular weight is 459 g/mol. The van der Waals surface area contributed by atoms with Gasteiger partial charge in [0.25, 0.3) is 0 Å². The van der Waals surface area contributed by atoms with Crippen molar-refractivity contribution in [2.24, 2.45) is 0 Å². The summed E-state index contributed by atoms with van der Waals surface area (Å²) in [5, 5.41) is 8.20. The highest BCUT2D eigenvalue weighted by Gasteiger charge is 2.33. The van der Waals surface area contributed by atoms with Gasteiger partial charge >= 0.3 is 0 Å². The number of hydrogen-bond donors (Lipinski definition) is 1. The van der Waals surface area contributed by atoms with Gasteiger partial charge in [-0.2, -0.15) is 4.31 Å². The molecule has 154 valence electrons. The maximum Gasteiger partial charge on any atom is 0.241 e. The molecule has 0 radical (unpaired) electrons. The minimum Gasteiger partial charge on any atom is -0.347 e. The number of nitrogens with zero attached hydrogens (tertiary/aromatic N) is 5. The predicted molar refractivity (Wildman–Crippen MR) is 110 cm³/mol. The Balaban J connectivity index is 1.61. The van der Waals surface area contributed by atoms with Crippen LogP contribution in [-0.4, -0.2) is 63.9 Å². The summed E-state index contributed by atoms with van der Waals surface area (Å²) in [6.45, 7) is 0.0256. The van der Waals surface area contributed by atoms with Crippen molar-refractivity contribution < 1.29 is 12.8 Å². The van der Waals surface area contributed by atoms with Gasteiger partial charge in [0, 0.05) is 23.7 Å². The number of hydrogen-bond acceptors (Lipinski definition) is 6. The number of imidazole rings is 1. The second kappa shape index (κ2) is 7.67. The zero-order valence-electron chi connectivity index (χ0n) is 15.3. The van der Waals surface area contributed by atoms with Gasteiger partial charge in [0.2, 0.25) is 16.0 Å². The summed E-state index contributed by atoms with van der Waals surface area (Å²) in [6, 6.07) is 6.44. The maximum absolute atomic E-state index is 14.5. The van der Waals surface area contributed by atoms with E-state index in [0.717, 1.165) is 16.1 Å². The molecule has 4 rings (SSSR count). The highest BCUT2D eigenvalue weighted by molar-refractivity contribution is 7.88. The summed E-state index contributed by atoms with van der Waals surface area (Å²) in [7, 11) is -3.42.